The maximum absolute atomic E-state index is 12.0. The molecule has 1 N–H and O–H groups in total. The van der Waals surface area contributed by atoms with Crippen LogP contribution >= 0.6 is 0 Å². The van der Waals surface area contributed by atoms with Gasteiger partial charge in [-0.15, -0.1) is 0 Å². The third-order valence-electron chi connectivity index (χ3n) is 3.86. The van der Waals surface area contributed by atoms with E-state index in [2.05, 4.69) is 4.72 Å². The minimum atomic E-state index is -3.43. The Balaban J connectivity index is 1.71. The van der Waals surface area contributed by atoms with Gasteiger partial charge in [0.2, 0.25) is 20.0 Å². The van der Waals surface area contributed by atoms with Gasteiger partial charge in [-0.05, 0) is 31.2 Å². The Hall–Kier alpha value is -0.960. The summed E-state index contributed by atoms with van der Waals surface area (Å²) in [6.07, 6.45) is 2.96. The third kappa shape index (κ3) is 6.21. The third-order valence-corrected chi connectivity index (χ3v) is 7.20. The number of nitrogens with one attached hydrogen (secondary N) is 1. The molecule has 0 spiro atoms. The number of nitrogens with zero attached hydrogens (tertiary/aromatic N) is 1. The van der Waals surface area contributed by atoms with Crippen molar-refractivity contribution >= 4 is 20.0 Å². The van der Waals surface area contributed by atoms with Crippen LogP contribution in [-0.4, -0.2) is 52.3 Å². The van der Waals surface area contributed by atoms with Crippen molar-refractivity contribution in [2.45, 2.75) is 25.7 Å². The van der Waals surface area contributed by atoms with Crippen molar-refractivity contribution in [1.82, 2.24) is 9.03 Å². The predicted octanol–water partition coefficient (Wildman–Crippen LogP) is 0.964. The minimum Gasteiger partial charge on any atom is -0.214 e. The van der Waals surface area contributed by atoms with Crippen molar-refractivity contribution < 1.29 is 16.8 Å². The second-order valence-corrected chi connectivity index (χ2v) is 9.74. The van der Waals surface area contributed by atoms with E-state index in [4.69, 9.17) is 0 Å². The van der Waals surface area contributed by atoms with Gasteiger partial charge in [-0.1, -0.05) is 30.3 Å². The summed E-state index contributed by atoms with van der Waals surface area (Å²) in [5, 5.41) is 0. The Bertz CT molecular complexity index is 681. The van der Waals surface area contributed by atoms with Crippen LogP contribution < -0.4 is 4.72 Å². The number of aryl methyl sites for hydroxylation is 1. The van der Waals surface area contributed by atoms with E-state index in [1.165, 1.54) is 4.31 Å². The molecule has 1 saturated heterocycles. The van der Waals surface area contributed by atoms with Gasteiger partial charge in [0.1, 0.15) is 0 Å². The highest BCUT2D eigenvalue weighted by Crippen LogP contribution is 2.12. The predicted molar refractivity (Wildman–Crippen MR) is 91.1 cm³/mol. The summed E-state index contributed by atoms with van der Waals surface area (Å²) in [4.78, 5) is 0. The molecule has 23 heavy (non-hydrogen) atoms. The van der Waals surface area contributed by atoms with Crippen LogP contribution in [-0.2, 0) is 26.5 Å². The monoisotopic (exact) mass is 360 g/mol. The van der Waals surface area contributed by atoms with E-state index in [0.29, 0.717) is 25.9 Å². The molecule has 0 aromatic heterocycles. The molecular formula is C15H24N2O4S2. The van der Waals surface area contributed by atoms with E-state index in [9.17, 15) is 16.8 Å². The Labute approximate surface area is 139 Å². The van der Waals surface area contributed by atoms with Crippen LogP contribution in [0.5, 0.6) is 0 Å². The van der Waals surface area contributed by atoms with Crippen LogP contribution in [0.4, 0.5) is 0 Å². The molecule has 1 aromatic carbocycles. The lowest BCUT2D eigenvalue weighted by Gasteiger charge is -2.15. The van der Waals surface area contributed by atoms with Gasteiger partial charge in [-0.3, -0.25) is 0 Å². The molecule has 0 saturated carbocycles. The zero-order valence-corrected chi connectivity index (χ0v) is 14.8. The van der Waals surface area contributed by atoms with E-state index < -0.39 is 20.0 Å². The molecule has 1 aromatic rings. The molecule has 130 valence electrons. The molecule has 8 heteroatoms. The van der Waals surface area contributed by atoms with Gasteiger partial charge in [-0.2, -0.15) is 0 Å². The van der Waals surface area contributed by atoms with Crippen molar-refractivity contribution in [3.8, 4) is 0 Å². The zero-order chi connectivity index (χ0) is 16.8. The number of hydrogen-bond donors (Lipinski definition) is 1. The summed E-state index contributed by atoms with van der Waals surface area (Å²) in [5.41, 5.74) is 1.10. The minimum absolute atomic E-state index is 0.00561. The quantitative estimate of drug-likeness (QED) is 0.711. The van der Waals surface area contributed by atoms with Gasteiger partial charge in [0, 0.05) is 19.6 Å². The molecule has 2 rings (SSSR count). The maximum atomic E-state index is 12.0. The Morgan fingerprint density at radius 1 is 0.957 bits per heavy atom. The molecule has 0 unspecified atom stereocenters. The Kier molecular flexibility index (Phi) is 6.58. The SMILES string of the molecule is O=S(=O)(CCCc1ccccc1)NCCS(=O)(=O)N1CCCC1. The van der Waals surface area contributed by atoms with Gasteiger partial charge in [0.15, 0.2) is 0 Å². The van der Waals surface area contributed by atoms with Gasteiger partial charge >= 0.3 is 0 Å². The van der Waals surface area contributed by atoms with Crippen molar-refractivity contribution in [2.24, 2.45) is 0 Å². The Morgan fingerprint density at radius 3 is 2.26 bits per heavy atom. The largest absolute Gasteiger partial charge is 0.215 e. The van der Waals surface area contributed by atoms with Crippen molar-refractivity contribution in [3.63, 3.8) is 0 Å². The fourth-order valence-electron chi connectivity index (χ4n) is 2.60. The lowest BCUT2D eigenvalue weighted by Crippen LogP contribution is -2.36. The average Bonchev–Trinajstić information content (AvgIpc) is 3.03. The van der Waals surface area contributed by atoms with Crippen molar-refractivity contribution in [2.75, 3.05) is 31.1 Å². The molecule has 0 atom stereocenters. The standard InChI is InChI=1S/C15H24N2O4S2/c18-22(19,13-6-9-15-7-2-1-3-8-15)16-10-14-23(20,21)17-11-4-5-12-17/h1-3,7-8,16H,4-6,9-14H2. The highest BCUT2D eigenvalue weighted by molar-refractivity contribution is 7.90. The van der Waals surface area contributed by atoms with Crippen LogP contribution in [0.25, 0.3) is 0 Å². The lowest BCUT2D eigenvalue weighted by molar-refractivity contribution is 0.477. The number of sulfonamides is 2. The van der Waals surface area contributed by atoms with Gasteiger partial charge in [0.05, 0.1) is 11.5 Å². The van der Waals surface area contributed by atoms with Gasteiger partial charge in [-0.25, -0.2) is 25.9 Å². The summed E-state index contributed by atoms with van der Waals surface area (Å²) in [7, 11) is -6.77. The molecule has 1 fully saturated rings. The van der Waals surface area contributed by atoms with Crippen molar-refractivity contribution in [1.29, 1.82) is 0 Å². The smallest absolute Gasteiger partial charge is 0.214 e. The Morgan fingerprint density at radius 2 is 1.61 bits per heavy atom. The van der Waals surface area contributed by atoms with E-state index in [-0.39, 0.29) is 18.1 Å². The molecule has 1 aliphatic heterocycles. The molecule has 6 nitrogen and oxygen atoms in total. The molecule has 0 amide bonds. The van der Waals surface area contributed by atoms with Crippen LogP contribution in [0, 0.1) is 0 Å². The van der Waals surface area contributed by atoms with E-state index in [1.807, 2.05) is 30.3 Å². The molecule has 0 bridgehead atoms. The molecule has 0 aliphatic carbocycles. The molecule has 1 heterocycles. The summed E-state index contributed by atoms with van der Waals surface area (Å²) in [5.74, 6) is -0.170. The van der Waals surface area contributed by atoms with Gasteiger partial charge in [0.25, 0.3) is 0 Å². The zero-order valence-electron chi connectivity index (χ0n) is 13.1. The van der Waals surface area contributed by atoms with Crippen LogP contribution in [0.1, 0.15) is 24.8 Å². The van der Waals surface area contributed by atoms with E-state index >= 15 is 0 Å². The first kappa shape index (κ1) is 18.4. The fraction of sp³-hybridized carbons (Fsp3) is 0.600. The van der Waals surface area contributed by atoms with Crippen LogP contribution in [0.2, 0.25) is 0 Å². The summed E-state index contributed by atoms with van der Waals surface area (Å²) in [6, 6.07) is 9.69. The topological polar surface area (TPSA) is 83.5 Å². The highest BCUT2D eigenvalue weighted by Gasteiger charge is 2.25. The summed E-state index contributed by atoms with van der Waals surface area (Å²) in [6.45, 7) is 1.03. The maximum Gasteiger partial charge on any atom is 0.215 e. The van der Waals surface area contributed by atoms with Gasteiger partial charge < -0.3 is 0 Å². The first-order valence-corrected chi connectivity index (χ1v) is 11.1. The lowest BCUT2D eigenvalue weighted by atomic mass is 10.1. The fourth-order valence-corrected chi connectivity index (χ4v) is 5.25. The van der Waals surface area contributed by atoms with Crippen LogP contribution in [0.15, 0.2) is 30.3 Å². The highest BCUT2D eigenvalue weighted by atomic mass is 32.2. The van der Waals surface area contributed by atoms with Crippen molar-refractivity contribution in [3.05, 3.63) is 35.9 Å². The second kappa shape index (κ2) is 8.23. The number of hydrogen-bond acceptors (Lipinski definition) is 4. The second-order valence-electron chi connectivity index (χ2n) is 5.72. The van der Waals surface area contributed by atoms with E-state index in [1.54, 1.807) is 0 Å². The first-order chi connectivity index (χ1) is 10.9. The molecular weight excluding hydrogens is 336 g/mol. The normalized spacial score (nSPS) is 16.7. The number of benzene rings is 1. The molecule has 0 radical (unpaired) electrons. The average molecular weight is 361 g/mol. The van der Waals surface area contributed by atoms with E-state index in [0.717, 1.165) is 18.4 Å². The molecule has 1 aliphatic rings. The number of rotatable bonds is 9. The summed E-state index contributed by atoms with van der Waals surface area (Å²) < 4.78 is 51.7. The van der Waals surface area contributed by atoms with Crippen LogP contribution in [0.3, 0.4) is 0 Å². The first-order valence-electron chi connectivity index (χ1n) is 7.88. The summed E-state index contributed by atoms with van der Waals surface area (Å²) >= 11 is 0.